The Morgan fingerprint density at radius 1 is 1.64 bits per heavy atom. The van der Waals surface area contributed by atoms with Crippen LogP contribution in [-0.4, -0.2) is 23.5 Å². The summed E-state index contributed by atoms with van der Waals surface area (Å²) in [6.07, 6.45) is 1.08. The summed E-state index contributed by atoms with van der Waals surface area (Å²) in [4.78, 5) is 12.8. The first-order valence-corrected chi connectivity index (χ1v) is 3.92. The summed E-state index contributed by atoms with van der Waals surface area (Å²) < 4.78 is 0. The van der Waals surface area contributed by atoms with Crippen molar-refractivity contribution in [3.05, 3.63) is 0 Å². The molecular formula is C7H15N3O. The normalized spacial score (nSPS) is 30.6. The van der Waals surface area contributed by atoms with E-state index in [1.54, 1.807) is 4.90 Å². The van der Waals surface area contributed by atoms with Crippen LogP contribution in [0.1, 0.15) is 20.3 Å². The topological polar surface area (TPSA) is 58.4 Å². The van der Waals surface area contributed by atoms with E-state index in [0.29, 0.717) is 12.0 Å². The SMILES string of the molecule is CC1CC(C)N(C(=O)NN)C1. The lowest BCUT2D eigenvalue weighted by molar-refractivity contribution is 0.195. The van der Waals surface area contributed by atoms with Crippen molar-refractivity contribution in [3.63, 3.8) is 0 Å². The van der Waals surface area contributed by atoms with Crippen LogP contribution in [0.5, 0.6) is 0 Å². The predicted octanol–water partition coefficient (Wildman–Crippen LogP) is 0.300. The number of hydrogen-bond acceptors (Lipinski definition) is 2. The van der Waals surface area contributed by atoms with Gasteiger partial charge in [-0.1, -0.05) is 6.92 Å². The third kappa shape index (κ3) is 1.63. The molecule has 0 bridgehead atoms. The maximum Gasteiger partial charge on any atom is 0.331 e. The second kappa shape index (κ2) is 3.09. The van der Waals surface area contributed by atoms with Gasteiger partial charge in [0, 0.05) is 12.6 Å². The molecule has 0 radical (unpaired) electrons. The molecule has 0 saturated carbocycles. The number of amides is 2. The van der Waals surface area contributed by atoms with Crippen molar-refractivity contribution in [1.29, 1.82) is 0 Å². The Kier molecular flexibility index (Phi) is 2.34. The first kappa shape index (κ1) is 8.33. The first-order valence-electron chi connectivity index (χ1n) is 3.92. The molecule has 11 heavy (non-hydrogen) atoms. The number of nitrogens with two attached hydrogens (primary N) is 1. The van der Waals surface area contributed by atoms with Gasteiger partial charge in [0.25, 0.3) is 0 Å². The summed E-state index contributed by atoms with van der Waals surface area (Å²) in [5.74, 6) is 5.62. The Hall–Kier alpha value is -0.770. The van der Waals surface area contributed by atoms with Crippen LogP contribution in [-0.2, 0) is 0 Å². The molecule has 0 aromatic carbocycles. The van der Waals surface area contributed by atoms with E-state index >= 15 is 0 Å². The minimum absolute atomic E-state index is 0.165. The Morgan fingerprint density at radius 3 is 2.64 bits per heavy atom. The Bertz CT molecular complexity index is 160. The first-order chi connectivity index (χ1) is 5.15. The molecule has 0 aliphatic carbocycles. The minimum atomic E-state index is -0.165. The Morgan fingerprint density at radius 2 is 2.27 bits per heavy atom. The van der Waals surface area contributed by atoms with Crippen LogP contribution in [0.2, 0.25) is 0 Å². The summed E-state index contributed by atoms with van der Waals surface area (Å²) in [6, 6.07) is 0.162. The number of hydrogen-bond donors (Lipinski definition) is 2. The second-order valence-electron chi connectivity index (χ2n) is 3.29. The van der Waals surface area contributed by atoms with Gasteiger partial charge in [-0.15, -0.1) is 0 Å². The molecule has 1 saturated heterocycles. The molecule has 1 aliphatic rings. The molecule has 0 aromatic heterocycles. The van der Waals surface area contributed by atoms with Crippen LogP contribution in [0.25, 0.3) is 0 Å². The van der Waals surface area contributed by atoms with Gasteiger partial charge in [0.05, 0.1) is 0 Å². The molecule has 1 heterocycles. The van der Waals surface area contributed by atoms with Gasteiger partial charge in [0.2, 0.25) is 0 Å². The van der Waals surface area contributed by atoms with E-state index in [1.807, 2.05) is 6.92 Å². The highest BCUT2D eigenvalue weighted by Gasteiger charge is 2.29. The molecule has 0 aromatic rings. The third-order valence-electron chi connectivity index (χ3n) is 2.17. The lowest BCUT2D eigenvalue weighted by Gasteiger charge is -2.19. The van der Waals surface area contributed by atoms with Crippen molar-refractivity contribution < 1.29 is 4.79 Å². The smallest absolute Gasteiger partial charge is 0.321 e. The van der Waals surface area contributed by atoms with Crippen LogP contribution in [0.15, 0.2) is 0 Å². The van der Waals surface area contributed by atoms with Gasteiger partial charge in [-0.3, -0.25) is 5.43 Å². The average Bonchev–Trinajstić information content (AvgIpc) is 2.28. The van der Waals surface area contributed by atoms with E-state index in [2.05, 4.69) is 12.3 Å². The highest BCUT2D eigenvalue weighted by atomic mass is 16.2. The van der Waals surface area contributed by atoms with Gasteiger partial charge in [0.15, 0.2) is 0 Å². The van der Waals surface area contributed by atoms with Gasteiger partial charge in [-0.25, -0.2) is 10.6 Å². The van der Waals surface area contributed by atoms with Crippen LogP contribution in [0.4, 0.5) is 4.79 Å². The number of hydrazine groups is 1. The van der Waals surface area contributed by atoms with Crippen molar-refractivity contribution in [2.45, 2.75) is 26.3 Å². The molecule has 4 heteroatoms. The molecule has 1 fully saturated rings. The fraction of sp³-hybridized carbons (Fsp3) is 0.857. The zero-order chi connectivity index (χ0) is 8.43. The quantitative estimate of drug-likeness (QED) is 0.302. The molecular weight excluding hydrogens is 142 g/mol. The molecule has 2 atom stereocenters. The highest BCUT2D eigenvalue weighted by Crippen LogP contribution is 2.21. The molecule has 1 rings (SSSR count). The van der Waals surface area contributed by atoms with Gasteiger partial charge < -0.3 is 4.90 Å². The number of rotatable bonds is 0. The molecule has 3 N–H and O–H groups in total. The summed E-state index contributed by atoms with van der Waals surface area (Å²) in [7, 11) is 0. The van der Waals surface area contributed by atoms with Crippen molar-refractivity contribution >= 4 is 6.03 Å². The van der Waals surface area contributed by atoms with Crippen LogP contribution >= 0.6 is 0 Å². The van der Waals surface area contributed by atoms with Crippen molar-refractivity contribution in [1.82, 2.24) is 10.3 Å². The number of carbonyl (C=O) groups excluding carboxylic acids is 1. The van der Waals surface area contributed by atoms with Crippen molar-refractivity contribution in [2.75, 3.05) is 6.54 Å². The Balaban J connectivity index is 2.52. The average molecular weight is 157 g/mol. The van der Waals surface area contributed by atoms with E-state index in [4.69, 9.17) is 5.84 Å². The van der Waals surface area contributed by atoms with Gasteiger partial charge in [0.1, 0.15) is 0 Å². The zero-order valence-electron chi connectivity index (χ0n) is 7.00. The summed E-state index contributed by atoms with van der Waals surface area (Å²) >= 11 is 0. The molecule has 4 nitrogen and oxygen atoms in total. The number of likely N-dealkylation sites (tertiary alicyclic amines) is 1. The second-order valence-corrected chi connectivity index (χ2v) is 3.29. The number of carbonyl (C=O) groups is 1. The van der Waals surface area contributed by atoms with Crippen LogP contribution in [0.3, 0.4) is 0 Å². The van der Waals surface area contributed by atoms with Gasteiger partial charge >= 0.3 is 6.03 Å². The zero-order valence-corrected chi connectivity index (χ0v) is 7.00. The third-order valence-corrected chi connectivity index (χ3v) is 2.17. The van der Waals surface area contributed by atoms with Crippen LogP contribution < -0.4 is 11.3 Å². The Labute approximate surface area is 66.7 Å². The molecule has 2 unspecified atom stereocenters. The van der Waals surface area contributed by atoms with E-state index in [9.17, 15) is 4.79 Å². The lowest BCUT2D eigenvalue weighted by atomic mass is 10.1. The molecule has 1 aliphatic heterocycles. The van der Waals surface area contributed by atoms with Gasteiger partial charge in [-0.05, 0) is 19.3 Å². The van der Waals surface area contributed by atoms with Gasteiger partial charge in [-0.2, -0.15) is 0 Å². The standard InChI is InChI=1S/C7H15N3O/c1-5-3-6(2)10(4-5)7(11)9-8/h5-6H,3-4,8H2,1-2H3,(H,9,11). The van der Waals surface area contributed by atoms with Crippen molar-refractivity contribution in [3.8, 4) is 0 Å². The molecule has 2 amide bonds. The molecule has 64 valence electrons. The number of nitrogens with one attached hydrogen (secondary N) is 1. The lowest BCUT2D eigenvalue weighted by Crippen LogP contribution is -2.44. The maximum absolute atomic E-state index is 11.1. The summed E-state index contributed by atoms with van der Waals surface area (Å²) in [5.41, 5.74) is 2.14. The minimum Gasteiger partial charge on any atom is -0.321 e. The van der Waals surface area contributed by atoms with E-state index < -0.39 is 0 Å². The van der Waals surface area contributed by atoms with E-state index in [0.717, 1.165) is 13.0 Å². The highest BCUT2D eigenvalue weighted by molar-refractivity contribution is 5.74. The summed E-state index contributed by atoms with van der Waals surface area (Å²) in [5, 5.41) is 0. The maximum atomic E-state index is 11.1. The largest absolute Gasteiger partial charge is 0.331 e. The number of nitrogens with zero attached hydrogens (tertiary/aromatic N) is 1. The van der Waals surface area contributed by atoms with Crippen LogP contribution in [0, 0.1) is 5.92 Å². The van der Waals surface area contributed by atoms with E-state index in [-0.39, 0.29) is 6.03 Å². The van der Waals surface area contributed by atoms with Crippen molar-refractivity contribution in [2.24, 2.45) is 11.8 Å². The molecule has 0 spiro atoms. The fourth-order valence-corrected chi connectivity index (χ4v) is 1.67. The number of urea groups is 1. The van der Waals surface area contributed by atoms with E-state index in [1.165, 1.54) is 0 Å². The fourth-order valence-electron chi connectivity index (χ4n) is 1.67. The summed E-state index contributed by atoms with van der Waals surface area (Å²) in [6.45, 7) is 5.00. The monoisotopic (exact) mass is 157 g/mol. The predicted molar refractivity (Wildman–Crippen MR) is 42.7 cm³/mol.